The van der Waals surface area contributed by atoms with Crippen molar-refractivity contribution in [2.45, 2.75) is 76.0 Å². The molecule has 2 aliphatic carbocycles. The molecule has 1 N–H and O–H groups in total. The molecule has 3 heterocycles. The van der Waals surface area contributed by atoms with Crippen LogP contribution in [0.15, 0.2) is 40.9 Å². The molecule has 2 aromatic carbocycles. The number of anilines is 1. The van der Waals surface area contributed by atoms with Crippen molar-refractivity contribution in [3.05, 3.63) is 53.3 Å². The first-order valence-corrected chi connectivity index (χ1v) is 15.9. The first-order chi connectivity index (χ1) is 21.7. The number of hydrogen-bond donors (Lipinski definition) is 1. The van der Waals surface area contributed by atoms with Gasteiger partial charge >= 0.3 is 12.3 Å². The van der Waals surface area contributed by atoms with Gasteiger partial charge in [0.25, 0.3) is 0 Å². The summed E-state index contributed by atoms with van der Waals surface area (Å²) in [5.41, 5.74) is 1.99. The zero-order valence-electron chi connectivity index (χ0n) is 24.5. The number of aromatic nitrogens is 2. The quantitative estimate of drug-likeness (QED) is 0.146. The van der Waals surface area contributed by atoms with Crippen LogP contribution in [0.1, 0.15) is 72.5 Å². The minimum absolute atomic E-state index is 0.0794. The Morgan fingerprint density at radius 2 is 1.96 bits per heavy atom. The Morgan fingerprint density at radius 3 is 2.64 bits per heavy atom. The van der Waals surface area contributed by atoms with E-state index in [0.717, 1.165) is 54.9 Å². The van der Waals surface area contributed by atoms with E-state index >= 15 is 0 Å². The molecule has 7 rings (SSSR count). The summed E-state index contributed by atoms with van der Waals surface area (Å²) in [5, 5.41) is 14.5. The van der Waals surface area contributed by atoms with Crippen LogP contribution in [0.25, 0.3) is 21.5 Å². The summed E-state index contributed by atoms with van der Waals surface area (Å²) in [4.78, 5) is 18.5. The number of carbonyl (C=O) groups is 1. The lowest BCUT2D eigenvalue weighted by Crippen LogP contribution is -2.24. The third-order valence-corrected chi connectivity index (χ3v) is 9.87. The van der Waals surface area contributed by atoms with E-state index in [9.17, 15) is 23.1 Å². The second kappa shape index (κ2) is 11.8. The predicted molar refractivity (Wildman–Crippen MR) is 160 cm³/mol. The molecule has 0 amide bonds. The van der Waals surface area contributed by atoms with Crippen LogP contribution in [-0.2, 0) is 11.3 Å². The van der Waals surface area contributed by atoms with Gasteiger partial charge in [-0.3, -0.25) is 0 Å². The SMILES string of the molecule is COc1cc(C(=O)O)cc2sc(N3CC3CC(CC3CCC3)OCc3c(-c4ccccc4OC(F)(F)F)noc3C3CC3)nc12. The van der Waals surface area contributed by atoms with Crippen LogP contribution >= 0.6 is 11.3 Å². The van der Waals surface area contributed by atoms with Gasteiger partial charge in [-0.25, -0.2) is 9.78 Å². The van der Waals surface area contributed by atoms with E-state index in [1.807, 2.05) is 0 Å². The lowest BCUT2D eigenvalue weighted by molar-refractivity contribution is -0.274. The van der Waals surface area contributed by atoms with Crippen molar-refractivity contribution in [1.29, 1.82) is 0 Å². The number of methoxy groups -OCH3 is 1. The van der Waals surface area contributed by atoms with Gasteiger partial charge in [0.1, 0.15) is 28.5 Å². The van der Waals surface area contributed by atoms with E-state index in [-0.39, 0.29) is 41.5 Å². The van der Waals surface area contributed by atoms with Crippen LogP contribution in [0.4, 0.5) is 18.3 Å². The molecule has 2 aromatic heterocycles. The second-order valence-corrected chi connectivity index (χ2v) is 13.0. The summed E-state index contributed by atoms with van der Waals surface area (Å²) in [7, 11) is 1.50. The van der Waals surface area contributed by atoms with Gasteiger partial charge in [-0.1, -0.05) is 47.9 Å². The largest absolute Gasteiger partial charge is 0.573 e. The summed E-state index contributed by atoms with van der Waals surface area (Å²) in [5.74, 6) is 0.505. The Balaban J connectivity index is 1.10. The Morgan fingerprint density at radius 1 is 1.16 bits per heavy atom. The lowest BCUT2D eigenvalue weighted by Gasteiger charge is -2.30. The van der Waals surface area contributed by atoms with Crippen molar-refractivity contribution in [3.63, 3.8) is 0 Å². The Kier molecular flexibility index (Phi) is 7.84. The molecule has 45 heavy (non-hydrogen) atoms. The molecule has 3 aliphatic rings. The predicted octanol–water partition coefficient (Wildman–Crippen LogP) is 7.79. The van der Waals surface area contributed by atoms with Gasteiger partial charge in [0.2, 0.25) is 0 Å². The fraction of sp³-hybridized carbons (Fsp3) is 0.469. The van der Waals surface area contributed by atoms with Crippen molar-refractivity contribution in [2.24, 2.45) is 5.92 Å². The van der Waals surface area contributed by atoms with Gasteiger partial charge in [-0.15, -0.1) is 13.2 Å². The van der Waals surface area contributed by atoms with Gasteiger partial charge in [0.05, 0.1) is 36.1 Å². The molecule has 1 aliphatic heterocycles. The number of aromatic carboxylic acids is 1. The smallest absolute Gasteiger partial charge is 0.494 e. The average Bonchev–Trinajstić information content (AvgIpc) is 3.88. The third-order valence-electron chi connectivity index (χ3n) is 8.83. The van der Waals surface area contributed by atoms with Crippen LogP contribution in [0.5, 0.6) is 11.5 Å². The summed E-state index contributed by atoms with van der Waals surface area (Å²) in [6.07, 6.45) is 2.13. The topological polar surface area (TPSA) is 107 Å². The summed E-state index contributed by atoms with van der Waals surface area (Å²) in [6.45, 7) is 0.970. The number of rotatable bonds is 13. The van der Waals surface area contributed by atoms with Gasteiger partial charge in [0, 0.05) is 23.6 Å². The average molecular weight is 644 g/mol. The van der Waals surface area contributed by atoms with Crippen LogP contribution in [0.3, 0.4) is 0 Å². The van der Waals surface area contributed by atoms with Crippen molar-refractivity contribution < 1.29 is 41.8 Å². The number of ether oxygens (including phenoxy) is 3. The summed E-state index contributed by atoms with van der Waals surface area (Å²) >= 11 is 1.44. The molecule has 4 aromatic rings. The zero-order chi connectivity index (χ0) is 31.3. The van der Waals surface area contributed by atoms with E-state index in [0.29, 0.717) is 34.2 Å². The third kappa shape index (κ3) is 6.46. The number of carboxylic acids is 1. The number of thiazole rings is 1. The van der Waals surface area contributed by atoms with E-state index in [1.165, 1.54) is 43.1 Å². The number of para-hydroxylation sites is 1. The van der Waals surface area contributed by atoms with Crippen LogP contribution in [0.2, 0.25) is 0 Å². The van der Waals surface area contributed by atoms with Crippen molar-refractivity contribution in [2.75, 3.05) is 18.6 Å². The Labute approximate surface area is 260 Å². The maximum absolute atomic E-state index is 13.2. The molecule has 2 unspecified atom stereocenters. The zero-order valence-corrected chi connectivity index (χ0v) is 25.3. The van der Waals surface area contributed by atoms with E-state index in [4.69, 9.17) is 19.0 Å². The highest BCUT2D eigenvalue weighted by Crippen LogP contribution is 2.46. The van der Waals surface area contributed by atoms with E-state index in [1.54, 1.807) is 18.2 Å². The number of fused-ring (bicyclic) bond motifs is 1. The van der Waals surface area contributed by atoms with E-state index < -0.39 is 12.3 Å². The summed E-state index contributed by atoms with van der Waals surface area (Å²) < 4.78 is 62.4. The monoisotopic (exact) mass is 643 g/mol. The van der Waals surface area contributed by atoms with Crippen LogP contribution in [-0.4, -0.2) is 53.4 Å². The first kappa shape index (κ1) is 29.8. The Hall–Kier alpha value is -3.84. The fourth-order valence-electron chi connectivity index (χ4n) is 6.06. The highest BCUT2D eigenvalue weighted by atomic mass is 32.1. The van der Waals surface area contributed by atoms with Crippen LogP contribution in [0, 0.1) is 5.92 Å². The van der Waals surface area contributed by atoms with Gasteiger partial charge < -0.3 is 28.7 Å². The van der Waals surface area contributed by atoms with Crippen molar-refractivity contribution in [3.8, 4) is 22.8 Å². The molecule has 238 valence electrons. The number of carboxylic acid groups (broad SMARTS) is 1. The maximum atomic E-state index is 13.2. The highest BCUT2D eigenvalue weighted by molar-refractivity contribution is 7.22. The van der Waals surface area contributed by atoms with Gasteiger partial charge in [-0.2, -0.15) is 0 Å². The van der Waals surface area contributed by atoms with E-state index in [2.05, 4.69) is 14.8 Å². The minimum atomic E-state index is -4.84. The number of hydrogen-bond acceptors (Lipinski definition) is 9. The molecule has 2 atom stereocenters. The molecule has 0 spiro atoms. The number of halogens is 3. The number of alkyl halides is 3. The molecule has 2 saturated carbocycles. The van der Waals surface area contributed by atoms with Gasteiger partial charge in [0.15, 0.2) is 5.13 Å². The molecule has 13 heteroatoms. The normalized spacial score (nSPS) is 19.0. The second-order valence-electron chi connectivity index (χ2n) is 12.0. The number of benzene rings is 2. The van der Waals surface area contributed by atoms with Crippen LogP contribution < -0.4 is 14.4 Å². The lowest BCUT2D eigenvalue weighted by atomic mass is 9.81. The maximum Gasteiger partial charge on any atom is 0.573 e. The molecule has 0 radical (unpaired) electrons. The standard InChI is InChI=1S/C32H32F3N3O6S/c1-41-25-12-19(30(39)40)13-26-28(25)36-31(45-26)38-15-20(38)14-21(11-17-5-4-6-17)42-16-23-27(37-44-29(23)18-9-10-18)22-7-2-3-8-24(22)43-32(33,34)35/h2-3,7-8,12-13,17-18,20-21H,4-6,9-11,14-16H2,1H3,(H,39,40). The number of nitrogens with zero attached hydrogens (tertiary/aromatic N) is 3. The summed E-state index contributed by atoms with van der Waals surface area (Å²) in [6, 6.07) is 9.28. The minimum Gasteiger partial charge on any atom is -0.494 e. The first-order valence-electron chi connectivity index (χ1n) is 15.1. The van der Waals surface area contributed by atoms with Gasteiger partial charge in [-0.05, 0) is 55.9 Å². The molecule has 0 bridgehead atoms. The molecular formula is C32H32F3N3O6S. The molecular weight excluding hydrogens is 611 g/mol. The van der Waals surface area contributed by atoms with Crippen molar-refractivity contribution in [1.82, 2.24) is 10.1 Å². The Bertz CT molecular complexity index is 1710. The van der Waals surface area contributed by atoms with Crippen molar-refractivity contribution >= 4 is 32.7 Å². The highest BCUT2D eigenvalue weighted by Gasteiger charge is 2.40. The molecule has 3 fully saturated rings. The fourth-order valence-corrected chi connectivity index (χ4v) is 7.16. The molecule has 9 nitrogen and oxygen atoms in total. The molecule has 1 saturated heterocycles.